The first-order valence-corrected chi connectivity index (χ1v) is 6.22. The van der Waals surface area contributed by atoms with Crippen molar-refractivity contribution in [1.29, 1.82) is 0 Å². The third-order valence-corrected chi connectivity index (χ3v) is 3.00. The molecule has 1 aliphatic carbocycles. The second-order valence-corrected chi connectivity index (χ2v) is 4.46. The molecule has 17 heavy (non-hydrogen) atoms. The van der Waals surface area contributed by atoms with Crippen LogP contribution in [0, 0.1) is 0 Å². The van der Waals surface area contributed by atoms with E-state index in [1.54, 1.807) is 7.11 Å². The highest BCUT2D eigenvalue weighted by molar-refractivity contribution is 5.80. The van der Waals surface area contributed by atoms with Crippen molar-refractivity contribution in [1.82, 2.24) is 0 Å². The van der Waals surface area contributed by atoms with Crippen LogP contribution in [0.15, 0.2) is 0 Å². The molecule has 5 nitrogen and oxygen atoms in total. The van der Waals surface area contributed by atoms with E-state index in [9.17, 15) is 4.79 Å². The minimum atomic E-state index is -0.740. The van der Waals surface area contributed by atoms with Crippen LogP contribution in [0.1, 0.15) is 32.1 Å². The quantitative estimate of drug-likeness (QED) is 0.507. The maximum Gasteiger partial charge on any atom is 0.326 e. The monoisotopic (exact) mass is 245 g/mol. The summed E-state index contributed by atoms with van der Waals surface area (Å²) in [5.74, 6) is -0.282. The van der Waals surface area contributed by atoms with Crippen LogP contribution >= 0.6 is 0 Å². The molecule has 1 aliphatic rings. The Bertz CT molecular complexity index is 227. The predicted octanol–water partition coefficient (Wildman–Crippen LogP) is 0.854. The average molecular weight is 245 g/mol. The Morgan fingerprint density at radius 1 is 1.18 bits per heavy atom. The molecule has 0 aromatic carbocycles. The summed E-state index contributed by atoms with van der Waals surface area (Å²) >= 11 is 0. The molecule has 0 atom stereocenters. The van der Waals surface area contributed by atoms with Gasteiger partial charge in [0, 0.05) is 20.3 Å². The van der Waals surface area contributed by atoms with Gasteiger partial charge in [-0.05, 0) is 19.3 Å². The summed E-state index contributed by atoms with van der Waals surface area (Å²) in [5, 5.41) is 0. The molecule has 0 aromatic rings. The van der Waals surface area contributed by atoms with Gasteiger partial charge in [-0.3, -0.25) is 4.79 Å². The lowest BCUT2D eigenvalue weighted by Crippen LogP contribution is -2.46. The van der Waals surface area contributed by atoms with Gasteiger partial charge in [-0.2, -0.15) is 0 Å². The molecule has 100 valence electrons. The largest absolute Gasteiger partial charge is 0.462 e. The molecule has 0 spiro atoms. The van der Waals surface area contributed by atoms with Crippen molar-refractivity contribution >= 4 is 5.97 Å². The highest BCUT2D eigenvalue weighted by Crippen LogP contribution is 2.28. The number of rotatable bonds is 8. The van der Waals surface area contributed by atoms with Gasteiger partial charge in [-0.15, -0.1) is 0 Å². The number of ether oxygens (including phenoxy) is 3. The zero-order chi connectivity index (χ0) is 12.6. The van der Waals surface area contributed by atoms with Gasteiger partial charge in [0.25, 0.3) is 0 Å². The van der Waals surface area contributed by atoms with Gasteiger partial charge in [0.15, 0.2) is 0 Å². The van der Waals surface area contributed by atoms with Crippen molar-refractivity contribution < 1.29 is 19.0 Å². The van der Waals surface area contributed by atoms with Crippen LogP contribution in [0.3, 0.4) is 0 Å². The van der Waals surface area contributed by atoms with E-state index in [0.717, 1.165) is 32.1 Å². The molecular formula is C12H23NO4. The van der Waals surface area contributed by atoms with E-state index < -0.39 is 5.54 Å². The molecule has 2 N–H and O–H groups in total. The van der Waals surface area contributed by atoms with E-state index >= 15 is 0 Å². The van der Waals surface area contributed by atoms with Crippen molar-refractivity contribution in [2.24, 2.45) is 5.73 Å². The van der Waals surface area contributed by atoms with Crippen LogP contribution in [-0.4, -0.2) is 45.0 Å². The summed E-state index contributed by atoms with van der Waals surface area (Å²) in [6.07, 6.45) is 4.35. The van der Waals surface area contributed by atoms with Gasteiger partial charge < -0.3 is 19.9 Å². The van der Waals surface area contributed by atoms with Crippen molar-refractivity contribution in [3.8, 4) is 0 Å². The lowest BCUT2D eigenvalue weighted by atomic mass is 10.00. The molecule has 0 aromatic heterocycles. The third kappa shape index (κ3) is 5.02. The Balaban J connectivity index is 2.00. The second-order valence-electron chi connectivity index (χ2n) is 4.46. The topological polar surface area (TPSA) is 70.8 Å². The molecule has 0 heterocycles. The number of carbonyl (C=O) groups is 1. The van der Waals surface area contributed by atoms with Gasteiger partial charge in [0.05, 0.1) is 6.61 Å². The third-order valence-electron chi connectivity index (χ3n) is 3.00. The Labute approximate surface area is 103 Å². The number of methoxy groups -OCH3 is 1. The van der Waals surface area contributed by atoms with E-state index in [0.29, 0.717) is 19.8 Å². The Morgan fingerprint density at radius 2 is 1.88 bits per heavy atom. The number of hydrogen-bond acceptors (Lipinski definition) is 5. The van der Waals surface area contributed by atoms with E-state index in [1.165, 1.54) is 0 Å². The standard InChI is InChI=1S/C12H23NO4/c1-15-7-4-8-16-9-10-17-11(14)12(13)5-2-3-6-12/h2-10,13H2,1H3. The fraction of sp³-hybridized carbons (Fsp3) is 0.917. The molecule has 1 fully saturated rings. The van der Waals surface area contributed by atoms with Crippen LogP contribution in [0.25, 0.3) is 0 Å². The SMILES string of the molecule is COCCCOCCOC(=O)C1(N)CCCC1. The fourth-order valence-electron chi connectivity index (χ4n) is 1.95. The first kappa shape index (κ1) is 14.4. The summed E-state index contributed by atoms with van der Waals surface area (Å²) in [6.45, 7) is 2.02. The maximum absolute atomic E-state index is 11.7. The smallest absolute Gasteiger partial charge is 0.326 e. The number of esters is 1. The van der Waals surface area contributed by atoms with E-state index in [-0.39, 0.29) is 12.6 Å². The summed E-state index contributed by atoms with van der Waals surface area (Å²) in [4.78, 5) is 11.7. The molecule has 1 saturated carbocycles. The summed E-state index contributed by atoms with van der Waals surface area (Å²) in [6, 6.07) is 0. The normalized spacial score (nSPS) is 18.2. The lowest BCUT2D eigenvalue weighted by Gasteiger charge is -2.20. The van der Waals surface area contributed by atoms with Gasteiger partial charge in [0.1, 0.15) is 12.1 Å². The molecule has 0 aliphatic heterocycles. The molecular weight excluding hydrogens is 222 g/mol. The molecule has 0 unspecified atom stereocenters. The van der Waals surface area contributed by atoms with Gasteiger partial charge in [-0.1, -0.05) is 12.8 Å². The Kier molecular flexibility index (Phi) is 6.47. The van der Waals surface area contributed by atoms with E-state index in [4.69, 9.17) is 19.9 Å². The molecule has 5 heteroatoms. The van der Waals surface area contributed by atoms with Gasteiger partial charge in [0.2, 0.25) is 0 Å². The maximum atomic E-state index is 11.7. The molecule has 1 rings (SSSR count). The van der Waals surface area contributed by atoms with Crippen LogP contribution in [0.5, 0.6) is 0 Å². The zero-order valence-corrected chi connectivity index (χ0v) is 10.6. The highest BCUT2D eigenvalue weighted by atomic mass is 16.6. The van der Waals surface area contributed by atoms with Crippen molar-refractivity contribution in [3.05, 3.63) is 0 Å². The summed E-state index contributed by atoms with van der Waals surface area (Å²) in [5.41, 5.74) is 5.21. The van der Waals surface area contributed by atoms with Gasteiger partial charge >= 0.3 is 5.97 Å². The second kappa shape index (κ2) is 7.63. The molecule has 0 bridgehead atoms. The minimum absolute atomic E-state index is 0.282. The number of nitrogens with two attached hydrogens (primary N) is 1. The lowest BCUT2D eigenvalue weighted by molar-refractivity contribution is -0.151. The van der Waals surface area contributed by atoms with Crippen molar-refractivity contribution in [2.45, 2.75) is 37.6 Å². The molecule has 0 saturated heterocycles. The molecule has 0 amide bonds. The number of carbonyl (C=O) groups excluding carboxylic acids is 1. The zero-order valence-electron chi connectivity index (χ0n) is 10.6. The summed E-state index contributed by atoms with van der Waals surface area (Å²) in [7, 11) is 1.66. The average Bonchev–Trinajstić information content (AvgIpc) is 2.76. The van der Waals surface area contributed by atoms with Crippen LogP contribution < -0.4 is 5.73 Å². The van der Waals surface area contributed by atoms with Gasteiger partial charge in [-0.25, -0.2) is 0 Å². The Morgan fingerprint density at radius 3 is 2.53 bits per heavy atom. The van der Waals surface area contributed by atoms with Crippen LogP contribution in [0.2, 0.25) is 0 Å². The predicted molar refractivity (Wildman–Crippen MR) is 63.7 cm³/mol. The van der Waals surface area contributed by atoms with Crippen molar-refractivity contribution in [2.75, 3.05) is 33.5 Å². The first-order chi connectivity index (χ1) is 8.19. The van der Waals surface area contributed by atoms with Crippen LogP contribution in [0.4, 0.5) is 0 Å². The Hall–Kier alpha value is -0.650. The number of hydrogen-bond donors (Lipinski definition) is 1. The summed E-state index contributed by atoms with van der Waals surface area (Å²) < 4.78 is 15.3. The first-order valence-electron chi connectivity index (χ1n) is 6.22. The van der Waals surface area contributed by atoms with Crippen molar-refractivity contribution in [3.63, 3.8) is 0 Å². The van der Waals surface area contributed by atoms with Crippen LogP contribution in [-0.2, 0) is 19.0 Å². The van der Waals surface area contributed by atoms with E-state index in [2.05, 4.69) is 0 Å². The fourth-order valence-corrected chi connectivity index (χ4v) is 1.95. The minimum Gasteiger partial charge on any atom is -0.462 e. The van der Waals surface area contributed by atoms with E-state index in [1.807, 2.05) is 0 Å². The highest BCUT2D eigenvalue weighted by Gasteiger charge is 2.38. The molecule has 0 radical (unpaired) electrons.